The van der Waals surface area contributed by atoms with Crippen LogP contribution in [-0.2, 0) is 30.4 Å². The number of methoxy groups -OCH3 is 1. The molecule has 0 fully saturated rings. The lowest BCUT2D eigenvalue weighted by atomic mass is 10.1. The number of sulfonamides is 1. The number of esters is 1. The van der Waals surface area contributed by atoms with Crippen LogP contribution in [0.15, 0.2) is 28.0 Å². The summed E-state index contributed by atoms with van der Waals surface area (Å²) in [6, 6.07) is 5.91. The lowest BCUT2D eigenvalue weighted by Crippen LogP contribution is -2.22. The van der Waals surface area contributed by atoms with Gasteiger partial charge in [0.05, 0.1) is 18.4 Å². The maximum absolute atomic E-state index is 12.0. The van der Waals surface area contributed by atoms with Gasteiger partial charge in [-0.05, 0) is 17.7 Å². The number of ether oxygens (including phenoxy) is 1. The number of rotatable bonds is 5. The second-order valence-corrected chi connectivity index (χ2v) is 8.87. The summed E-state index contributed by atoms with van der Waals surface area (Å²) in [5.41, 5.74) is 0.767. The zero-order valence-electron chi connectivity index (χ0n) is 12.3. The lowest BCUT2D eigenvalue weighted by molar-refractivity contribution is 0.0600. The van der Waals surface area contributed by atoms with Gasteiger partial charge in [-0.15, -0.1) is 0 Å². The molecule has 21 heavy (non-hydrogen) atoms. The molecule has 1 aromatic rings. The molecule has 0 radical (unpaired) electrons. The van der Waals surface area contributed by atoms with E-state index in [2.05, 4.69) is 8.50 Å². The van der Waals surface area contributed by atoms with Crippen LogP contribution in [0.1, 0.15) is 15.9 Å². The van der Waals surface area contributed by atoms with Crippen LogP contribution in [0.25, 0.3) is 0 Å². The Hall–Kier alpha value is -1.45. The van der Waals surface area contributed by atoms with Crippen LogP contribution in [-0.4, -0.2) is 50.4 Å². The van der Waals surface area contributed by atoms with E-state index in [0.29, 0.717) is 11.1 Å². The number of hydrogen-bond acceptors (Lipinski definition) is 5. The monoisotopic (exact) mass is 334 g/mol. The quantitative estimate of drug-likeness (QED) is 0.745. The summed E-state index contributed by atoms with van der Waals surface area (Å²) in [6.45, 7) is 0. The zero-order chi connectivity index (χ0) is 16.3. The fourth-order valence-corrected chi connectivity index (χ4v) is 4.41. The van der Waals surface area contributed by atoms with Crippen LogP contribution in [0, 0.1) is 0 Å². The summed E-state index contributed by atoms with van der Waals surface area (Å²) in [7, 11) is -2.59. The molecule has 0 N–H and O–H groups in total. The SMILES string of the molecule is COC(=O)c1ccc(CS(=O)(=O)N=S(C)(=O)N(C)C)cc1. The first-order valence-electron chi connectivity index (χ1n) is 5.88. The van der Waals surface area contributed by atoms with Gasteiger partial charge in [-0.3, -0.25) is 0 Å². The van der Waals surface area contributed by atoms with Gasteiger partial charge in [0, 0.05) is 20.4 Å². The van der Waals surface area contributed by atoms with Crippen molar-refractivity contribution in [3.05, 3.63) is 35.4 Å². The molecule has 0 amide bonds. The average Bonchev–Trinajstić information content (AvgIpc) is 2.36. The van der Waals surface area contributed by atoms with Gasteiger partial charge < -0.3 is 4.74 Å². The van der Waals surface area contributed by atoms with Crippen LogP contribution in [0.3, 0.4) is 0 Å². The van der Waals surface area contributed by atoms with Crippen molar-refractivity contribution >= 4 is 25.9 Å². The van der Waals surface area contributed by atoms with Crippen molar-refractivity contribution < 1.29 is 22.2 Å². The van der Waals surface area contributed by atoms with E-state index in [1.54, 1.807) is 0 Å². The molecule has 0 heterocycles. The van der Waals surface area contributed by atoms with Crippen molar-refractivity contribution in [1.82, 2.24) is 4.31 Å². The summed E-state index contributed by atoms with van der Waals surface area (Å²) < 4.78 is 45.1. The minimum atomic E-state index is -3.88. The molecule has 7 nitrogen and oxygen atoms in total. The number of carbonyl (C=O) groups excluding carboxylic acids is 1. The Balaban J connectivity index is 3.01. The Morgan fingerprint density at radius 2 is 1.71 bits per heavy atom. The van der Waals surface area contributed by atoms with E-state index in [4.69, 9.17) is 0 Å². The van der Waals surface area contributed by atoms with Crippen LogP contribution in [0.4, 0.5) is 0 Å². The summed E-state index contributed by atoms with van der Waals surface area (Å²) in [5, 5.41) is 0. The molecule has 118 valence electrons. The van der Waals surface area contributed by atoms with Gasteiger partial charge in [0.1, 0.15) is 9.92 Å². The average molecular weight is 334 g/mol. The highest BCUT2D eigenvalue weighted by Crippen LogP contribution is 2.12. The largest absolute Gasteiger partial charge is 0.465 e. The second kappa shape index (κ2) is 6.54. The molecule has 0 aliphatic heterocycles. The molecular formula is C12H18N2O5S2. The molecule has 1 unspecified atom stereocenters. The van der Waals surface area contributed by atoms with Gasteiger partial charge in [0.25, 0.3) is 10.0 Å². The maximum atomic E-state index is 12.0. The zero-order valence-corrected chi connectivity index (χ0v) is 13.9. The van der Waals surface area contributed by atoms with E-state index in [9.17, 15) is 17.4 Å². The standard InChI is InChI=1S/C12H18N2O5S2/c1-14(2)20(4,16)13-21(17,18)9-10-5-7-11(8-6-10)12(15)19-3/h5-8H,9H2,1-4H3. The van der Waals surface area contributed by atoms with Crippen LogP contribution < -0.4 is 0 Å². The normalized spacial score (nSPS) is 14.5. The Kier molecular flexibility index (Phi) is 5.48. The lowest BCUT2D eigenvalue weighted by Gasteiger charge is -2.11. The van der Waals surface area contributed by atoms with E-state index in [0.717, 1.165) is 0 Å². The summed E-state index contributed by atoms with van der Waals surface area (Å²) in [6.07, 6.45) is 1.25. The Morgan fingerprint density at radius 1 is 1.19 bits per heavy atom. The molecule has 0 aliphatic rings. The van der Waals surface area contributed by atoms with E-state index in [-0.39, 0.29) is 5.75 Å². The predicted molar refractivity (Wildman–Crippen MR) is 80.6 cm³/mol. The molecule has 0 spiro atoms. The summed E-state index contributed by atoms with van der Waals surface area (Å²) >= 11 is 0. The molecule has 1 rings (SSSR count). The molecule has 0 aliphatic carbocycles. The molecule has 9 heteroatoms. The third kappa shape index (κ3) is 5.10. The van der Waals surface area contributed by atoms with Crippen LogP contribution in [0.5, 0.6) is 0 Å². The minimum Gasteiger partial charge on any atom is -0.465 e. The molecule has 0 saturated heterocycles. The first-order valence-corrected chi connectivity index (χ1v) is 9.37. The Bertz CT molecular complexity index is 729. The van der Waals surface area contributed by atoms with Gasteiger partial charge >= 0.3 is 5.97 Å². The van der Waals surface area contributed by atoms with Gasteiger partial charge in [0.2, 0.25) is 0 Å². The number of nitrogens with zero attached hydrogens (tertiary/aromatic N) is 2. The van der Waals surface area contributed by atoms with Crippen LogP contribution >= 0.6 is 0 Å². The Morgan fingerprint density at radius 3 is 2.14 bits per heavy atom. The molecule has 1 atom stereocenters. The molecular weight excluding hydrogens is 316 g/mol. The molecule has 1 aromatic carbocycles. The van der Waals surface area contributed by atoms with Crippen molar-refractivity contribution in [2.75, 3.05) is 27.5 Å². The first kappa shape index (κ1) is 17.6. The van der Waals surface area contributed by atoms with Gasteiger partial charge in [0.15, 0.2) is 0 Å². The summed E-state index contributed by atoms with van der Waals surface area (Å²) in [4.78, 5) is 11.3. The molecule has 0 aromatic heterocycles. The fourth-order valence-electron chi connectivity index (χ4n) is 1.37. The van der Waals surface area contributed by atoms with Gasteiger partial charge in [-0.2, -0.15) is 0 Å². The van der Waals surface area contributed by atoms with E-state index >= 15 is 0 Å². The maximum Gasteiger partial charge on any atom is 0.337 e. The highest BCUT2D eigenvalue weighted by Gasteiger charge is 2.16. The Labute approximate surface area is 125 Å². The fraction of sp³-hybridized carbons (Fsp3) is 0.417. The van der Waals surface area contributed by atoms with Crippen molar-refractivity contribution in [2.24, 2.45) is 3.77 Å². The number of hydrogen-bond donors (Lipinski definition) is 0. The highest BCUT2D eigenvalue weighted by molar-refractivity contribution is 8.01. The number of benzene rings is 1. The predicted octanol–water partition coefficient (Wildman–Crippen LogP) is 0.877. The molecule has 0 bridgehead atoms. The van der Waals surface area contributed by atoms with Gasteiger partial charge in [-0.1, -0.05) is 15.9 Å². The van der Waals surface area contributed by atoms with E-state index in [1.165, 1.54) is 56.0 Å². The first-order chi connectivity index (χ1) is 9.57. The molecule has 0 saturated carbocycles. The van der Waals surface area contributed by atoms with E-state index < -0.39 is 25.9 Å². The summed E-state index contributed by atoms with van der Waals surface area (Å²) in [5.74, 6) is -0.883. The highest BCUT2D eigenvalue weighted by atomic mass is 32.3. The second-order valence-electron chi connectivity index (χ2n) is 4.56. The van der Waals surface area contributed by atoms with Crippen molar-refractivity contribution in [1.29, 1.82) is 0 Å². The van der Waals surface area contributed by atoms with E-state index in [1.807, 2.05) is 0 Å². The van der Waals surface area contributed by atoms with Gasteiger partial charge in [-0.25, -0.2) is 21.7 Å². The third-order valence-electron chi connectivity index (χ3n) is 2.65. The van der Waals surface area contributed by atoms with Crippen LogP contribution in [0.2, 0.25) is 0 Å². The van der Waals surface area contributed by atoms with Crippen molar-refractivity contribution in [3.8, 4) is 0 Å². The third-order valence-corrected chi connectivity index (χ3v) is 6.72. The number of carbonyl (C=O) groups is 1. The smallest absolute Gasteiger partial charge is 0.337 e. The topological polar surface area (TPSA) is 93.1 Å². The van der Waals surface area contributed by atoms with Crippen molar-refractivity contribution in [2.45, 2.75) is 5.75 Å². The minimum absolute atomic E-state index is 0.322. The van der Waals surface area contributed by atoms with Crippen molar-refractivity contribution in [3.63, 3.8) is 0 Å².